The molecular weight excluding hydrogens is 402 g/mol. The number of nitrogens with zero attached hydrogens (tertiary/aromatic N) is 1. The van der Waals surface area contributed by atoms with Gasteiger partial charge < -0.3 is 0 Å². The van der Waals surface area contributed by atoms with Crippen LogP contribution in [0.2, 0.25) is 0 Å². The number of hydrogen-bond donors (Lipinski definition) is 0. The molecule has 0 aromatic carbocycles. The van der Waals surface area contributed by atoms with E-state index in [4.69, 9.17) is 0 Å². The quantitative estimate of drug-likeness (QED) is 0.701. The van der Waals surface area contributed by atoms with Crippen LogP contribution >= 0.6 is 43.2 Å². The van der Waals surface area contributed by atoms with Crippen molar-refractivity contribution in [2.75, 3.05) is 18.4 Å². The van der Waals surface area contributed by atoms with E-state index >= 15 is 0 Å². The number of piperidine rings is 1. The van der Waals surface area contributed by atoms with Gasteiger partial charge in [-0.05, 0) is 53.2 Å². The fourth-order valence-corrected chi connectivity index (χ4v) is 6.57. The predicted octanol–water partition coefficient (Wildman–Crippen LogP) is 3.70. The Hall–Kier alpha value is 0.570. The molecule has 18 heavy (non-hydrogen) atoms. The molecule has 0 radical (unpaired) electrons. The number of alkyl halides is 1. The average molecular weight is 417 g/mol. The van der Waals surface area contributed by atoms with Gasteiger partial charge in [-0.15, -0.1) is 11.3 Å². The summed E-state index contributed by atoms with van der Waals surface area (Å²) in [6, 6.07) is 3.47. The molecule has 0 N–H and O–H groups in total. The monoisotopic (exact) mass is 415 g/mol. The molecule has 1 saturated heterocycles. The number of halogens is 2. The SMILES string of the molecule is O=S(=O)(c1ccc(Br)s1)N1CCCC(CCBr)C1. The minimum Gasteiger partial charge on any atom is -0.206 e. The van der Waals surface area contributed by atoms with Gasteiger partial charge in [0.25, 0.3) is 10.0 Å². The summed E-state index contributed by atoms with van der Waals surface area (Å²) in [5.41, 5.74) is 0. The normalized spacial score (nSPS) is 22.2. The molecule has 7 heteroatoms. The van der Waals surface area contributed by atoms with Crippen molar-refractivity contribution >= 4 is 53.2 Å². The first kappa shape index (κ1) is 15.0. The summed E-state index contributed by atoms with van der Waals surface area (Å²) >= 11 is 8.03. The molecule has 0 aliphatic carbocycles. The Balaban J connectivity index is 2.15. The molecule has 3 nitrogen and oxygen atoms in total. The number of hydrogen-bond acceptors (Lipinski definition) is 3. The highest BCUT2D eigenvalue weighted by atomic mass is 79.9. The van der Waals surface area contributed by atoms with Crippen molar-refractivity contribution in [2.24, 2.45) is 5.92 Å². The molecule has 1 unspecified atom stereocenters. The summed E-state index contributed by atoms with van der Waals surface area (Å²) in [7, 11) is -3.29. The molecule has 1 aromatic rings. The Labute approximate surface area is 129 Å². The van der Waals surface area contributed by atoms with E-state index in [2.05, 4.69) is 31.9 Å². The Morgan fingerprint density at radius 2 is 2.22 bits per heavy atom. The highest BCUT2D eigenvalue weighted by Crippen LogP contribution is 2.31. The van der Waals surface area contributed by atoms with Crippen molar-refractivity contribution in [1.29, 1.82) is 0 Å². The number of sulfonamides is 1. The van der Waals surface area contributed by atoms with E-state index in [9.17, 15) is 8.42 Å². The Bertz CT molecular complexity index is 499. The zero-order chi connectivity index (χ0) is 13.2. The van der Waals surface area contributed by atoms with Crippen LogP contribution in [0.1, 0.15) is 19.3 Å². The summed E-state index contributed by atoms with van der Waals surface area (Å²) in [6.07, 6.45) is 3.13. The van der Waals surface area contributed by atoms with Crippen molar-refractivity contribution in [3.05, 3.63) is 15.9 Å². The summed E-state index contributed by atoms with van der Waals surface area (Å²) in [6.45, 7) is 1.31. The third-order valence-corrected chi connectivity index (χ3v) is 7.56. The maximum absolute atomic E-state index is 12.5. The van der Waals surface area contributed by atoms with Gasteiger partial charge in [-0.2, -0.15) is 4.31 Å². The van der Waals surface area contributed by atoms with Crippen molar-refractivity contribution in [2.45, 2.75) is 23.5 Å². The van der Waals surface area contributed by atoms with Gasteiger partial charge >= 0.3 is 0 Å². The second kappa shape index (κ2) is 6.35. The highest BCUT2D eigenvalue weighted by molar-refractivity contribution is 9.11. The largest absolute Gasteiger partial charge is 0.252 e. The van der Waals surface area contributed by atoms with Crippen molar-refractivity contribution in [3.8, 4) is 0 Å². The van der Waals surface area contributed by atoms with Crippen LogP contribution < -0.4 is 0 Å². The van der Waals surface area contributed by atoms with Crippen LogP contribution in [0.4, 0.5) is 0 Å². The van der Waals surface area contributed by atoms with Crippen LogP contribution in [0.5, 0.6) is 0 Å². The lowest BCUT2D eigenvalue weighted by Crippen LogP contribution is -2.39. The van der Waals surface area contributed by atoms with Gasteiger partial charge in [-0.25, -0.2) is 8.42 Å². The Morgan fingerprint density at radius 1 is 1.44 bits per heavy atom. The zero-order valence-electron chi connectivity index (χ0n) is 9.81. The summed E-state index contributed by atoms with van der Waals surface area (Å²) in [5.74, 6) is 0.483. The standard InChI is InChI=1S/C11H15Br2NO2S2/c12-6-5-9-2-1-7-14(8-9)18(15,16)11-4-3-10(13)17-11/h3-4,9H,1-2,5-8H2. The van der Waals surface area contributed by atoms with E-state index < -0.39 is 10.0 Å². The van der Waals surface area contributed by atoms with Crippen molar-refractivity contribution < 1.29 is 8.42 Å². The molecule has 0 amide bonds. The molecule has 1 fully saturated rings. The van der Waals surface area contributed by atoms with Gasteiger partial charge in [0.1, 0.15) is 4.21 Å². The molecule has 2 heterocycles. The first-order valence-electron chi connectivity index (χ1n) is 5.85. The molecule has 2 rings (SSSR count). The fourth-order valence-electron chi connectivity index (χ4n) is 2.20. The average Bonchev–Trinajstić information content (AvgIpc) is 2.77. The first-order valence-corrected chi connectivity index (χ1v) is 10.0. The van der Waals surface area contributed by atoms with Crippen LogP contribution in [-0.2, 0) is 10.0 Å². The van der Waals surface area contributed by atoms with Crippen LogP contribution in [0.3, 0.4) is 0 Å². The minimum atomic E-state index is -3.29. The molecule has 1 aromatic heterocycles. The highest BCUT2D eigenvalue weighted by Gasteiger charge is 2.30. The maximum atomic E-state index is 12.5. The van der Waals surface area contributed by atoms with E-state index in [-0.39, 0.29) is 0 Å². The van der Waals surface area contributed by atoms with Crippen LogP contribution in [0, 0.1) is 5.92 Å². The van der Waals surface area contributed by atoms with E-state index in [0.29, 0.717) is 23.2 Å². The summed E-state index contributed by atoms with van der Waals surface area (Å²) in [5, 5.41) is 0.941. The lowest BCUT2D eigenvalue weighted by atomic mass is 9.97. The van der Waals surface area contributed by atoms with Gasteiger partial charge in [-0.3, -0.25) is 0 Å². The first-order chi connectivity index (χ1) is 8.54. The number of thiophene rings is 1. The Morgan fingerprint density at radius 3 is 2.83 bits per heavy atom. The molecule has 1 aliphatic rings. The molecule has 0 saturated carbocycles. The van der Waals surface area contributed by atoms with E-state index in [1.165, 1.54) is 11.3 Å². The van der Waals surface area contributed by atoms with Gasteiger partial charge in [0, 0.05) is 18.4 Å². The second-order valence-corrected chi connectivity index (χ2v) is 9.83. The van der Waals surface area contributed by atoms with Gasteiger partial charge in [0.2, 0.25) is 0 Å². The number of rotatable bonds is 4. The third-order valence-electron chi connectivity index (χ3n) is 3.14. The van der Waals surface area contributed by atoms with Crippen LogP contribution in [0.25, 0.3) is 0 Å². The molecule has 1 atom stereocenters. The predicted molar refractivity (Wildman–Crippen MR) is 81.9 cm³/mol. The van der Waals surface area contributed by atoms with Crippen molar-refractivity contribution in [1.82, 2.24) is 4.31 Å². The van der Waals surface area contributed by atoms with Crippen LogP contribution in [-0.4, -0.2) is 31.1 Å². The smallest absolute Gasteiger partial charge is 0.206 e. The lowest BCUT2D eigenvalue weighted by Gasteiger charge is -2.31. The topological polar surface area (TPSA) is 37.4 Å². The molecule has 102 valence electrons. The summed E-state index contributed by atoms with van der Waals surface area (Å²) in [4.78, 5) is 0. The molecule has 0 bridgehead atoms. The van der Waals surface area contributed by atoms with E-state index in [1.54, 1.807) is 16.4 Å². The zero-order valence-corrected chi connectivity index (χ0v) is 14.6. The Kier molecular flexibility index (Phi) is 5.28. The van der Waals surface area contributed by atoms with Crippen LogP contribution in [0.15, 0.2) is 20.1 Å². The van der Waals surface area contributed by atoms with E-state index in [0.717, 1.165) is 28.4 Å². The van der Waals surface area contributed by atoms with Gasteiger partial charge in [0.05, 0.1) is 3.79 Å². The lowest BCUT2D eigenvalue weighted by molar-refractivity contribution is 0.263. The summed E-state index contributed by atoms with van der Waals surface area (Å²) < 4.78 is 27.8. The van der Waals surface area contributed by atoms with Gasteiger partial charge in [-0.1, -0.05) is 15.9 Å². The van der Waals surface area contributed by atoms with Crippen molar-refractivity contribution in [3.63, 3.8) is 0 Å². The van der Waals surface area contributed by atoms with E-state index in [1.807, 2.05) is 0 Å². The third kappa shape index (κ3) is 3.36. The minimum absolute atomic E-state index is 0.439. The molecular formula is C11H15Br2NO2S2. The second-order valence-electron chi connectivity index (χ2n) is 4.41. The fraction of sp³-hybridized carbons (Fsp3) is 0.636. The molecule has 0 spiro atoms. The molecule has 1 aliphatic heterocycles. The van der Waals surface area contributed by atoms with Gasteiger partial charge in [0.15, 0.2) is 0 Å². The maximum Gasteiger partial charge on any atom is 0.252 e.